The van der Waals surface area contributed by atoms with Crippen LogP contribution < -0.4 is 15.4 Å². The van der Waals surface area contributed by atoms with Gasteiger partial charge in [-0.25, -0.2) is 4.98 Å². The highest BCUT2D eigenvalue weighted by atomic mass is 16.6. The number of H-pyrrole nitrogens is 1. The molecule has 2 fully saturated rings. The smallest absolute Gasteiger partial charge is 0.269 e. The molecule has 2 aliphatic heterocycles. The Morgan fingerprint density at radius 3 is 2.39 bits per heavy atom. The summed E-state index contributed by atoms with van der Waals surface area (Å²) in [4.78, 5) is 37.3. The molecule has 2 saturated heterocycles. The third-order valence-corrected chi connectivity index (χ3v) is 6.34. The van der Waals surface area contributed by atoms with E-state index in [2.05, 4.69) is 26.3 Å². The molecule has 33 heavy (non-hydrogen) atoms. The number of nitro benzene ring substituents is 1. The first-order chi connectivity index (χ1) is 15.9. The molecule has 10 nitrogen and oxygen atoms in total. The van der Waals surface area contributed by atoms with E-state index < -0.39 is 0 Å². The molecule has 3 heterocycles. The fourth-order valence-corrected chi connectivity index (χ4v) is 4.31. The van der Waals surface area contributed by atoms with E-state index >= 15 is 0 Å². The summed E-state index contributed by atoms with van der Waals surface area (Å²) in [5.74, 6) is 0.616. The predicted molar refractivity (Wildman–Crippen MR) is 127 cm³/mol. The molecular weight excluding hydrogens is 424 g/mol. The minimum atomic E-state index is -0.385. The number of nitrogens with zero attached hydrogens (tertiary/aromatic N) is 5. The lowest BCUT2D eigenvalue weighted by Crippen LogP contribution is -2.45. The van der Waals surface area contributed by atoms with Gasteiger partial charge < -0.3 is 19.4 Å². The molecule has 0 atom stereocenters. The van der Waals surface area contributed by atoms with Gasteiger partial charge in [-0.05, 0) is 31.9 Å². The van der Waals surface area contributed by atoms with E-state index in [4.69, 9.17) is 4.74 Å². The average molecular weight is 455 g/mol. The van der Waals surface area contributed by atoms with Crippen LogP contribution in [0.5, 0.6) is 0 Å². The third kappa shape index (κ3) is 5.33. The lowest BCUT2D eigenvalue weighted by atomic mass is 10.1. The van der Waals surface area contributed by atoms with Gasteiger partial charge in [0.25, 0.3) is 11.2 Å². The molecule has 0 radical (unpaired) electrons. The molecule has 1 aromatic carbocycles. The summed E-state index contributed by atoms with van der Waals surface area (Å²) in [5, 5.41) is 10.8. The van der Waals surface area contributed by atoms with Crippen LogP contribution in [0.1, 0.15) is 17.7 Å². The number of allylic oxidation sites excluding steroid dienone is 1. The SMILES string of the molecule is C=C(CCc1c(C)nc(N2CCOCC2)[nH]c1=O)N1CCN(c2ccc([N+](=O)[O-])cc2)CC1. The number of aryl methyl sites for hydroxylation is 1. The number of aromatic nitrogens is 2. The molecule has 1 aromatic heterocycles. The molecule has 1 N–H and O–H groups in total. The van der Waals surface area contributed by atoms with Gasteiger partial charge in [0.15, 0.2) is 0 Å². The van der Waals surface area contributed by atoms with Gasteiger partial charge in [0.1, 0.15) is 0 Å². The van der Waals surface area contributed by atoms with E-state index in [1.807, 2.05) is 11.8 Å². The number of hydrogen-bond donors (Lipinski definition) is 1. The molecular formula is C23H30N6O4. The van der Waals surface area contributed by atoms with Gasteiger partial charge in [-0.2, -0.15) is 0 Å². The number of ether oxygens (including phenoxy) is 1. The Bertz CT molecular complexity index is 1050. The van der Waals surface area contributed by atoms with Crippen molar-refractivity contribution in [3.63, 3.8) is 0 Å². The minimum Gasteiger partial charge on any atom is -0.378 e. The van der Waals surface area contributed by atoms with Crippen molar-refractivity contribution >= 4 is 17.3 Å². The summed E-state index contributed by atoms with van der Waals surface area (Å²) in [6.45, 7) is 12.1. The zero-order valence-electron chi connectivity index (χ0n) is 19.0. The van der Waals surface area contributed by atoms with E-state index in [0.717, 1.165) is 56.3 Å². The van der Waals surface area contributed by atoms with Crippen molar-refractivity contribution in [1.82, 2.24) is 14.9 Å². The molecule has 10 heteroatoms. The van der Waals surface area contributed by atoms with Gasteiger partial charge in [-0.15, -0.1) is 0 Å². The van der Waals surface area contributed by atoms with E-state index in [9.17, 15) is 14.9 Å². The van der Waals surface area contributed by atoms with E-state index in [0.29, 0.717) is 37.6 Å². The van der Waals surface area contributed by atoms with Crippen LogP contribution in [0.3, 0.4) is 0 Å². The van der Waals surface area contributed by atoms with E-state index in [1.54, 1.807) is 24.3 Å². The summed E-state index contributed by atoms with van der Waals surface area (Å²) < 4.78 is 5.37. The Labute approximate surface area is 192 Å². The average Bonchev–Trinajstić information content (AvgIpc) is 2.84. The number of benzene rings is 1. The molecule has 4 rings (SSSR count). The highest BCUT2D eigenvalue weighted by Gasteiger charge is 2.20. The van der Waals surface area contributed by atoms with Crippen molar-refractivity contribution in [2.24, 2.45) is 0 Å². The quantitative estimate of drug-likeness (QED) is 0.501. The largest absolute Gasteiger partial charge is 0.378 e. The van der Waals surface area contributed by atoms with Crippen molar-refractivity contribution in [3.05, 3.63) is 68.3 Å². The molecule has 0 saturated carbocycles. The zero-order valence-corrected chi connectivity index (χ0v) is 19.0. The summed E-state index contributed by atoms with van der Waals surface area (Å²) in [6, 6.07) is 6.67. The van der Waals surface area contributed by atoms with Crippen LogP contribution in [-0.4, -0.2) is 72.3 Å². The maximum absolute atomic E-state index is 12.7. The monoisotopic (exact) mass is 454 g/mol. The highest BCUT2D eigenvalue weighted by Crippen LogP contribution is 2.22. The highest BCUT2D eigenvalue weighted by molar-refractivity contribution is 5.51. The predicted octanol–water partition coefficient (Wildman–Crippen LogP) is 2.09. The van der Waals surface area contributed by atoms with Crippen LogP contribution in [-0.2, 0) is 11.2 Å². The Balaban J connectivity index is 1.30. The van der Waals surface area contributed by atoms with Crippen LogP contribution >= 0.6 is 0 Å². The molecule has 0 bridgehead atoms. The number of hydrogen-bond acceptors (Lipinski definition) is 8. The number of piperazine rings is 1. The van der Waals surface area contributed by atoms with Gasteiger partial charge in [-0.1, -0.05) is 6.58 Å². The second-order valence-electron chi connectivity index (χ2n) is 8.37. The zero-order chi connectivity index (χ0) is 23.4. The maximum Gasteiger partial charge on any atom is 0.269 e. The molecule has 0 spiro atoms. The van der Waals surface area contributed by atoms with Crippen LogP contribution in [0, 0.1) is 17.0 Å². The molecule has 0 unspecified atom stereocenters. The van der Waals surface area contributed by atoms with Crippen molar-refractivity contribution in [1.29, 1.82) is 0 Å². The van der Waals surface area contributed by atoms with Gasteiger partial charge in [0.2, 0.25) is 5.95 Å². The molecule has 0 aliphatic carbocycles. The van der Waals surface area contributed by atoms with Crippen LogP contribution in [0.2, 0.25) is 0 Å². The Kier molecular flexibility index (Phi) is 6.93. The van der Waals surface area contributed by atoms with Crippen LogP contribution in [0.15, 0.2) is 41.3 Å². The van der Waals surface area contributed by atoms with E-state index in [-0.39, 0.29) is 16.2 Å². The van der Waals surface area contributed by atoms with E-state index in [1.165, 1.54) is 0 Å². The number of non-ortho nitro benzene ring substituents is 1. The fourth-order valence-electron chi connectivity index (χ4n) is 4.31. The summed E-state index contributed by atoms with van der Waals surface area (Å²) in [7, 11) is 0. The van der Waals surface area contributed by atoms with Crippen molar-refractivity contribution in [2.45, 2.75) is 19.8 Å². The maximum atomic E-state index is 12.7. The topological polar surface area (TPSA) is 108 Å². The molecule has 176 valence electrons. The number of rotatable bonds is 7. The standard InChI is InChI=1S/C23H30N6O4/c1-17(26-9-11-27(12-10-26)19-4-6-20(7-5-19)29(31)32)3-8-21-18(2)24-23(25-22(21)30)28-13-15-33-16-14-28/h4-7H,1,3,8-16H2,2H3,(H,24,25,30). The summed E-state index contributed by atoms with van der Waals surface area (Å²) >= 11 is 0. The van der Waals surface area contributed by atoms with Crippen LogP contribution in [0.4, 0.5) is 17.3 Å². The third-order valence-electron chi connectivity index (χ3n) is 6.34. The molecule has 0 amide bonds. The Hall–Kier alpha value is -3.40. The number of anilines is 2. The Morgan fingerprint density at radius 1 is 1.12 bits per heavy atom. The lowest BCUT2D eigenvalue weighted by molar-refractivity contribution is -0.384. The van der Waals surface area contributed by atoms with Gasteiger partial charge >= 0.3 is 0 Å². The minimum absolute atomic E-state index is 0.0835. The van der Waals surface area contributed by atoms with Gasteiger partial charge in [0, 0.05) is 74.0 Å². The van der Waals surface area contributed by atoms with Crippen molar-refractivity contribution in [2.75, 3.05) is 62.3 Å². The van der Waals surface area contributed by atoms with Gasteiger partial charge in [0.05, 0.1) is 18.1 Å². The number of nitrogens with one attached hydrogen (secondary N) is 1. The first kappa shape index (κ1) is 22.8. The summed E-state index contributed by atoms with van der Waals surface area (Å²) in [6.07, 6.45) is 1.29. The van der Waals surface area contributed by atoms with Gasteiger partial charge in [-0.3, -0.25) is 19.9 Å². The second-order valence-corrected chi connectivity index (χ2v) is 8.37. The summed E-state index contributed by atoms with van der Waals surface area (Å²) in [5.41, 5.74) is 3.48. The first-order valence-corrected chi connectivity index (χ1v) is 11.3. The van der Waals surface area contributed by atoms with Crippen molar-refractivity contribution < 1.29 is 9.66 Å². The number of morpholine rings is 1. The molecule has 2 aromatic rings. The first-order valence-electron chi connectivity index (χ1n) is 11.3. The molecule has 2 aliphatic rings. The Morgan fingerprint density at radius 2 is 1.79 bits per heavy atom. The lowest BCUT2D eigenvalue weighted by Gasteiger charge is -2.38. The number of aromatic amines is 1. The van der Waals surface area contributed by atoms with Crippen LogP contribution in [0.25, 0.3) is 0 Å². The fraction of sp³-hybridized carbons (Fsp3) is 0.478. The van der Waals surface area contributed by atoms with Crippen molar-refractivity contribution in [3.8, 4) is 0 Å². The second kappa shape index (κ2) is 10.0. The number of nitro groups is 1. The normalized spacial score (nSPS) is 16.7.